The maximum Gasteiger partial charge on any atom is 0.331 e. The molecule has 0 aliphatic rings. The van der Waals surface area contributed by atoms with Gasteiger partial charge < -0.3 is 10.1 Å². The average Bonchev–Trinajstić information content (AvgIpc) is 3.07. The standard InChI is InChI=1S/C17H15Cl2NO3S/c1-11(13-3-4-14(18)15(19)8-13)20-16(21)9-23-17(22)5-2-12-6-7-24-10-12/h2-8,10-11H,9H2,1H3,(H,20,21)/b5-2+. The third kappa shape index (κ3) is 5.67. The molecule has 0 bridgehead atoms. The van der Waals surface area contributed by atoms with E-state index in [4.69, 9.17) is 27.9 Å². The SMILES string of the molecule is CC(NC(=O)COC(=O)/C=C/c1ccsc1)c1ccc(Cl)c(Cl)c1. The van der Waals surface area contributed by atoms with E-state index in [2.05, 4.69) is 5.32 Å². The number of rotatable bonds is 6. The molecule has 0 aliphatic carbocycles. The van der Waals surface area contributed by atoms with Crippen LogP contribution in [0.4, 0.5) is 0 Å². The second-order valence-corrected chi connectivity index (χ2v) is 6.55. The molecule has 126 valence electrons. The van der Waals surface area contributed by atoms with Crippen molar-refractivity contribution in [3.05, 3.63) is 62.3 Å². The van der Waals surface area contributed by atoms with Crippen LogP contribution in [0.5, 0.6) is 0 Å². The third-order valence-corrected chi connectivity index (χ3v) is 4.56. The van der Waals surface area contributed by atoms with Crippen LogP contribution in [-0.4, -0.2) is 18.5 Å². The number of halogens is 2. The van der Waals surface area contributed by atoms with Gasteiger partial charge in [-0.15, -0.1) is 0 Å². The van der Waals surface area contributed by atoms with Crippen molar-refractivity contribution in [1.29, 1.82) is 0 Å². The Morgan fingerprint density at radius 2 is 2.08 bits per heavy atom. The van der Waals surface area contributed by atoms with Gasteiger partial charge in [0.05, 0.1) is 16.1 Å². The molecule has 0 fully saturated rings. The van der Waals surface area contributed by atoms with E-state index in [1.165, 1.54) is 17.4 Å². The van der Waals surface area contributed by atoms with Gasteiger partial charge in [-0.3, -0.25) is 4.79 Å². The van der Waals surface area contributed by atoms with Crippen LogP contribution in [0.2, 0.25) is 10.0 Å². The highest BCUT2D eigenvalue weighted by Crippen LogP contribution is 2.25. The largest absolute Gasteiger partial charge is 0.452 e. The van der Waals surface area contributed by atoms with E-state index in [1.54, 1.807) is 31.2 Å². The first kappa shape index (κ1) is 18.5. The molecule has 1 unspecified atom stereocenters. The molecule has 1 heterocycles. The van der Waals surface area contributed by atoms with Crippen LogP contribution in [0, 0.1) is 0 Å². The van der Waals surface area contributed by atoms with Gasteiger partial charge in [-0.05, 0) is 53.1 Å². The van der Waals surface area contributed by atoms with Gasteiger partial charge in [0.2, 0.25) is 0 Å². The first-order valence-electron chi connectivity index (χ1n) is 7.07. The summed E-state index contributed by atoms with van der Waals surface area (Å²) in [6, 6.07) is 6.71. The maximum atomic E-state index is 11.8. The van der Waals surface area contributed by atoms with Crippen molar-refractivity contribution < 1.29 is 14.3 Å². The van der Waals surface area contributed by atoms with E-state index >= 15 is 0 Å². The summed E-state index contributed by atoms with van der Waals surface area (Å²) in [7, 11) is 0. The van der Waals surface area contributed by atoms with Gasteiger partial charge in [0.1, 0.15) is 0 Å². The van der Waals surface area contributed by atoms with Crippen molar-refractivity contribution in [2.45, 2.75) is 13.0 Å². The molecular weight excluding hydrogens is 369 g/mol. The minimum Gasteiger partial charge on any atom is -0.452 e. The highest BCUT2D eigenvalue weighted by atomic mass is 35.5. The summed E-state index contributed by atoms with van der Waals surface area (Å²) >= 11 is 13.3. The van der Waals surface area contributed by atoms with Crippen molar-refractivity contribution in [3.8, 4) is 0 Å². The smallest absolute Gasteiger partial charge is 0.331 e. The van der Waals surface area contributed by atoms with E-state index in [9.17, 15) is 9.59 Å². The molecule has 2 aromatic rings. The molecule has 0 saturated heterocycles. The maximum absolute atomic E-state index is 11.8. The van der Waals surface area contributed by atoms with Gasteiger partial charge in [-0.2, -0.15) is 11.3 Å². The lowest BCUT2D eigenvalue weighted by Gasteiger charge is -2.14. The molecule has 0 aliphatic heterocycles. The number of esters is 1. The van der Waals surface area contributed by atoms with Gasteiger partial charge in [0.25, 0.3) is 5.91 Å². The number of thiophene rings is 1. The van der Waals surface area contributed by atoms with Gasteiger partial charge in [-0.25, -0.2) is 4.79 Å². The Bertz CT molecular complexity index is 744. The molecule has 7 heteroatoms. The van der Waals surface area contributed by atoms with E-state index in [-0.39, 0.29) is 12.6 Å². The van der Waals surface area contributed by atoms with Crippen molar-refractivity contribution >= 4 is 52.5 Å². The topological polar surface area (TPSA) is 55.4 Å². The molecule has 1 atom stereocenters. The van der Waals surface area contributed by atoms with Gasteiger partial charge in [0.15, 0.2) is 6.61 Å². The van der Waals surface area contributed by atoms with Gasteiger partial charge in [0, 0.05) is 6.08 Å². The Kier molecular flexibility index (Phi) is 6.85. The van der Waals surface area contributed by atoms with Crippen LogP contribution in [0.1, 0.15) is 24.1 Å². The third-order valence-electron chi connectivity index (χ3n) is 3.12. The number of hydrogen-bond acceptors (Lipinski definition) is 4. The molecule has 0 saturated carbocycles. The zero-order chi connectivity index (χ0) is 17.5. The zero-order valence-electron chi connectivity index (χ0n) is 12.8. The fraction of sp³-hybridized carbons (Fsp3) is 0.176. The van der Waals surface area contributed by atoms with Crippen molar-refractivity contribution in [2.24, 2.45) is 0 Å². The Labute approximate surface area is 154 Å². The number of amides is 1. The summed E-state index contributed by atoms with van der Waals surface area (Å²) in [5, 5.41) is 7.40. The summed E-state index contributed by atoms with van der Waals surface area (Å²) in [6.07, 6.45) is 2.92. The number of benzene rings is 1. The van der Waals surface area contributed by atoms with Crippen LogP contribution in [-0.2, 0) is 14.3 Å². The van der Waals surface area contributed by atoms with Crippen LogP contribution in [0.15, 0.2) is 41.1 Å². The molecule has 4 nitrogen and oxygen atoms in total. The van der Waals surface area contributed by atoms with E-state index in [1.807, 2.05) is 16.8 Å². The second kappa shape index (κ2) is 8.87. The van der Waals surface area contributed by atoms with Crippen LogP contribution in [0.25, 0.3) is 6.08 Å². The number of carbonyl (C=O) groups excluding carboxylic acids is 2. The van der Waals surface area contributed by atoms with Crippen molar-refractivity contribution in [1.82, 2.24) is 5.32 Å². The Hall–Kier alpha value is -1.82. The van der Waals surface area contributed by atoms with Crippen LogP contribution < -0.4 is 5.32 Å². The minimum absolute atomic E-state index is 0.285. The lowest BCUT2D eigenvalue weighted by atomic mass is 10.1. The second-order valence-electron chi connectivity index (χ2n) is 4.96. The molecule has 1 aromatic carbocycles. The number of hydrogen-bond donors (Lipinski definition) is 1. The minimum atomic E-state index is -0.571. The van der Waals surface area contributed by atoms with Crippen LogP contribution in [0.3, 0.4) is 0 Å². The normalized spacial score (nSPS) is 12.1. The number of carbonyl (C=O) groups is 2. The fourth-order valence-corrected chi connectivity index (χ4v) is 2.80. The Morgan fingerprint density at radius 3 is 2.75 bits per heavy atom. The lowest BCUT2D eigenvalue weighted by Crippen LogP contribution is -2.30. The zero-order valence-corrected chi connectivity index (χ0v) is 15.1. The predicted octanol–water partition coefficient (Wildman–Crippen LogP) is 4.49. The summed E-state index contributed by atoms with van der Waals surface area (Å²) in [5.74, 6) is -0.968. The highest BCUT2D eigenvalue weighted by Gasteiger charge is 2.12. The molecule has 0 spiro atoms. The predicted molar refractivity (Wildman–Crippen MR) is 97.3 cm³/mol. The molecule has 0 radical (unpaired) electrons. The van der Waals surface area contributed by atoms with Crippen molar-refractivity contribution in [3.63, 3.8) is 0 Å². The lowest BCUT2D eigenvalue weighted by molar-refractivity contribution is -0.144. The molecule has 1 aromatic heterocycles. The summed E-state index contributed by atoms with van der Waals surface area (Å²) in [6.45, 7) is 1.45. The monoisotopic (exact) mass is 383 g/mol. The molecular formula is C17H15Cl2NO3S. The quantitative estimate of drug-likeness (QED) is 0.590. The number of nitrogens with one attached hydrogen (secondary N) is 1. The van der Waals surface area contributed by atoms with Gasteiger partial charge >= 0.3 is 5.97 Å². The molecule has 1 amide bonds. The Morgan fingerprint density at radius 1 is 1.29 bits per heavy atom. The summed E-state index contributed by atoms with van der Waals surface area (Å²) in [4.78, 5) is 23.4. The summed E-state index contributed by atoms with van der Waals surface area (Å²) in [5.41, 5.74) is 1.72. The van der Waals surface area contributed by atoms with E-state index < -0.39 is 11.9 Å². The molecule has 24 heavy (non-hydrogen) atoms. The summed E-state index contributed by atoms with van der Waals surface area (Å²) < 4.78 is 4.90. The van der Waals surface area contributed by atoms with E-state index in [0.29, 0.717) is 10.0 Å². The average molecular weight is 384 g/mol. The van der Waals surface area contributed by atoms with Crippen LogP contribution >= 0.6 is 34.5 Å². The molecule has 1 N–H and O–H groups in total. The van der Waals surface area contributed by atoms with Gasteiger partial charge in [-0.1, -0.05) is 29.3 Å². The molecule has 2 rings (SSSR count). The Balaban J connectivity index is 1.80. The fourth-order valence-electron chi connectivity index (χ4n) is 1.87. The van der Waals surface area contributed by atoms with E-state index in [0.717, 1.165) is 11.1 Å². The highest BCUT2D eigenvalue weighted by molar-refractivity contribution is 7.08. The number of ether oxygens (including phenoxy) is 1. The first-order valence-corrected chi connectivity index (χ1v) is 8.77. The van der Waals surface area contributed by atoms with Crippen molar-refractivity contribution in [2.75, 3.05) is 6.61 Å². The first-order chi connectivity index (χ1) is 11.5.